The Kier molecular flexibility index (Phi) is 5.26. The zero-order valence-corrected chi connectivity index (χ0v) is 18.9. The molecule has 4 aromatic heterocycles. The summed E-state index contributed by atoms with van der Waals surface area (Å²) in [4.78, 5) is 32.4. The standard InChI is InChI=1S/C23H21ClFN8O/c24-21-19(7-15(25)11-27-21)23(34)32-5-3-31(4-6-32)16-8-17(9-16)33-12-14(10-30-33)20-18-1-2-26-22(18)29-13-28-20/h1-2,7,10-13,16H,3-6,8-9H2,(H,26,28,29). The van der Waals surface area contributed by atoms with Crippen LogP contribution in [0.1, 0.15) is 23.2 Å². The highest BCUT2D eigenvalue weighted by atomic mass is 35.5. The van der Waals surface area contributed by atoms with Gasteiger partial charge < -0.3 is 9.88 Å². The predicted octanol–water partition coefficient (Wildman–Crippen LogP) is 3.01. The molecule has 34 heavy (non-hydrogen) atoms. The van der Waals surface area contributed by atoms with Gasteiger partial charge in [0.1, 0.15) is 22.9 Å². The van der Waals surface area contributed by atoms with E-state index in [0.717, 1.165) is 60.5 Å². The average molecular weight is 480 g/mol. The molecule has 2 fully saturated rings. The van der Waals surface area contributed by atoms with Crippen molar-refractivity contribution in [2.24, 2.45) is 0 Å². The smallest absolute Gasteiger partial charge is 0.257 e. The van der Waals surface area contributed by atoms with Crippen LogP contribution >= 0.6 is 11.6 Å². The summed E-state index contributed by atoms with van der Waals surface area (Å²) < 4.78 is 15.5. The Morgan fingerprint density at radius 2 is 1.94 bits per heavy atom. The fourth-order valence-corrected chi connectivity index (χ4v) is 4.87. The fourth-order valence-electron chi connectivity index (χ4n) is 4.68. The lowest BCUT2D eigenvalue weighted by molar-refractivity contribution is 0.0471. The lowest BCUT2D eigenvalue weighted by Crippen LogP contribution is -2.55. The number of hydrogen-bond acceptors (Lipinski definition) is 6. The van der Waals surface area contributed by atoms with Crippen molar-refractivity contribution in [1.82, 2.24) is 39.5 Å². The Balaban J connectivity index is 1.05. The van der Waals surface area contributed by atoms with Crippen LogP contribution in [0.2, 0.25) is 5.15 Å². The molecule has 1 aliphatic heterocycles. The minimum Gasteiger partial charge on any atom is -0.346 e. The summed E-state index contributed by atoms with van der Waals surface area (Å²) in [7, 11) is 0. The highest BCUT2D eigenvalue weighted by Crippen LogP contribution is 2.36. The van der Waals surface area contributed by atoms with Crippen molar-refractivity contribution in [2.45, 2.75) is 18.9 Å². The number of amides is 1. The van der Waals surface area contributed by atoms with Gasteiger partial charge in [-0.3, -0.25) is 14.4 Å². The van der Waals surface area contributed by atoms with Crippen LogP contribution in [-0.4, -0.2) is 77.6 Å². The summed E-state index contributed by atoms with van der Waals surface area (Å²) in [5, 5.41) is 5.56. The van der Waals surface area contributed by atoms with Gasteiger partial charge in [0.25, 0.3) is 5.91 Å². The number of aromatic amines is 1. The van der Waals surface area contributed by atoms with Crippen LogP contribution in [-0.2, 0) is 0 Å². The molecule has 1 saturated carbocycles. The van der Waals surface area contributed by atoms with Gasteiger partial charge in [0.15, 0.2) is 0 Å². The zero-order chi connectivity index (χ0) is 23.2. The number of piperazine rings is 1. The first kappa shape index (κ1) is 21.2. The molecule has 0 bridgehead atoms. The first-order valence-corrected chi connectivity index (χ1v) is 11.5. The van der Waals surface area contributed by atoms with Crippen LogP contribution < -0.4 is 0 Å². The summed E-state index contributed by atoms with van der Waals surface area (Å²) in [5.41, 5.74) is 2.75. The molecule has 1 amide bonds. The second kappa shape index (κ2) is 8.44. The van der Waals surface area contributed by atoms with E-state index in [0.29, 0.717) is 19.1 Å². The Labute approximate surface area is 199 Å². The van der Waals surface area contributed by atoms with Gasteiger partial charge in [-0.25, -0.2) is 19.3 Å². The third kappa shape index (κ3) is 3.72. The Morgan fingerprint density at radius 1 is 1.12 bits per heavy atom. The maximum absolute atomic E-state index is 13.5. The Bertz CT molecular complexity index is 1360. The van der Waals surface area contributed by atoms with E-state index in [-0.39, 0.29) is 16.6 Å². The number of hydrogen-bond donors (Lipinski definition) is 1. The average Bonchev–Trinajstić information content (AvgIpc) is 3.49. The van der Waals surface area contributed by atoms with Crippen LogP contribution in [0.4, 0.5) is 4.39 Å². The molecule has 11 heteroatoms. The third-order valence-corrected chi connectivity index (χ3v) is 6.93. The van der Waals surface area contributed by atoms with E-state index in [1.165, 1.54) is 6.04 Å². The number of rotatable bonds is 4. The maximum atomic E-state index is 13.5. The molecule has 1 saturated heterocycles. The number of carbonyl (C=O) groups is 1. The SMILES string of the molecule is O=C(c1cc(F)cnc1Cl)N1CCN(C2C[C](n3cc(-c4ncnc5[nH]ccc45)cn3)C2)CC1. The number of nitrogens with zero attached hydrogens (tertiary/aromatic N) is 7. The van der Waals surface area contributed by atoms with Crippen molar-refractivity contribution < 1.29 is 9.18 Å². The summed E-state index contributed by atoms with van der Waals surface area (Å²) in [6.45, 7) is 2.68. The molecule has 1 aliphatic carbocycles. The molecule has 4 aromatic rings. The minimum absolute atomic E-state index is 0.0323. The van der Waals surface area contributed by atoms with E-state index in [2.05, 4.69) is 29.9 Å². The van der Waals surface area contributed by atoms with Gasteiger partial charge in [-0.15, -0.1) is 0 Å². The van der Waals surface area contributed by atoms with E-state index < -0.39 is 5.82 Å². The Hall–Kier alpha value is -3.37. The molecule has 0 atom stereocenters. The second-order valence-corrected chi connectivity index (χ2v) is 8.94. The lowest BCUT2D eigenvalue weighted by Gasteiger charge is -2.45. The minimum atomic E-state index is -0.567. The molecular formula is C23H21ClFN8O. The number of aromatic nitrogens is 6. The molecule has 173 valence electrons. The number of nitrogens with one attached hydrogen (secondary N) is 1. The first-order chi connectivity index (χ1) is 16.6. The monoisotopic (exact) mass is 479 g/mol. The summed E-state index contributed by atoms with van der Waals surface area (Å²) in [6, 6.07) is 4.80. The molecule has 6 rings (SSSR count). The molecule has 5 heterocycles. The van der Waals surface area contributed by atoms with Gasteiger partial charge in [0, 0.05) is 55.6 Å². The molecule has 1 radical (unpaired) electrons. The first-order valence-electron chi connectivity index (χ1n) is 11.1. The van der Waals surface area contributed by atoms with Crippen molar-refractivity contribution >= 4 is 28.5 Å². The number of H-pyrrole nitrogens is 1. The van der Waals surface area contributed by atoms with E-state index in [1.54, 1.807) is 11.2 Å². The van der Waals surface area contributed by atoms with Crippen LogP contribution in [0, 0.1) is 11.9 Å². The normalized spacial score (nSPS) is 17.9. The van der Waals surface area contributed by atoms with E-state index in [9.17, 15) is 9.18 Å². The summed E-state index contributed by atoms with van der Waals surface area (Å²) in [5.74, 6) is -0.842. The molecule has 0 unspecified atom stereocenters. The topological polar surface area (TPSA) is 95.8 Å². The summed E-state index contributed by atoms with van der Waals surface area (Å²) in [6.07, 6.45) is 10.1. The van der Waals surface area contributed by atoms with E-state index in [1.807, 2.05) is 29.3 Å². The van der Waals surface area contributed by atoms with Crippen molar-refractivity contribution in [3.05, 3.63) is 65.8 Å². The molecule has 2 aliphatic rings. The van der Waals surface area contributed by atoms with E-state index in [4.69, 9.17) is 11.6 Å². The van der Waals surface area contributed by atoms with Crippen LogP contribution in [0.5, 0.6) is 0 Å². The number of pyridine rings is 1. The van der Waals surface area contributed by atoms with Crippen LogP contribution in [0.15, 0.2) is 43.2 Å². The second-order valence-electron chi connectivity index (χ2n) is 8.58. The largest absolute Gasteiger partial charge is 0.346 e. The zero-order valence-electron chi connectivity index (χ0n) is 18.2. The molecule has 1 N–H and O–H groups in total. The third-order valence-electron chi connectivity index (χ3n) is 6.63. The molecule has 0 spiro atoms. The number of fused-ring (bicyclic) bond motifs is 1. The van der Waals surface area contributed by atoms with Gasteiger partial charge in [0.2, 0.25) is 0 Å². The van der Waals surface area contributed by atoms with Gasteiger partial charge in [-0.1, -0.05) is 11.6 Å². The highest BCUT2D eigenvalue weighted by Gasteiger charge is 2.38. The quantitative estimate of drug-likeness (QED) is 0.452. The maximum Gasteiger partial charge on any atom is 0.257 e. The van der Waals surface area contributed by atoms with Gasteiger partial charge >= 0.3 is 0 Å². The van der Waals surface area contributed by atoms with E-state index >= 15 is 0 Å². The van der Waals surface area contributed by atoms with Gasteiger partial charge in [-0.05, 0) is 25.0 Å². The fraction of sp³-hybridized carbons (Fsp3) is 0.304. The lowest BCUT2D eigenvalue weighted by atomic mass is 9.85. The van der Waals surface area contributed by atoms with Crippen molar-refractivity contribution in [3.63, 3.8) is 0 Å². The van der Waals surface area contributed by atoms with Crippen molar-refractivity contribution in [2.75, 3.05) is 26.2 Å². The number of carbonyl (C=O) groups excluding carboxylic acids is 1. The molecule has 9 nitrogen and oxygen atoms in total. The molecular weight excluding hydrogens is 459 g/mol. The number of halogens is 2. The summed E-state index contributed by atoms with van der Waals surface area (Å²) >= 11 is 6.00. The Morgan fingerprint density at radius 3 is 2.76 bits per heavy atom. The van der Waals surface area contributed by atoms with Crippen LogP contribution in [0.25, 0.3) is 22.3 Å². The predicted molar refractivity (Wildman–Crippen MR) is 123 cm³/mol. The van der Waals surface area contributed by atoms with Gasteiger partial charge in [-0.2, -0.15) is 5.10 Å². The van der Waals surface area contributed by atoms with Gasteiger partial charge in [0.05, 0.1) is 29.7 Å². The van der Waals surface area contributed by atoms with Crippen LogP contribution in [0.3, 0.4) is 0 Å². The highest BCUT2D eigenvalue weighted by molar-refractivity contribution is 6.32. The van der Waals surface area contributed by atoms with Crippen molar-refractivity contribution in [1.29, 1.82) is 0 Å². The van der Waals surface area contributed by atoms with Crippen molar-refractivity contribution in [3.8, 4) is 11.3 Å². The molecule has 0 aromatic carbocycles.